The first kappa shape index (κ1) is 19.5. The highest BCUT2D eigenvalue weighted by atomic mass is 79.9. The maximum atomic E-state index is 10.9. The van der Waals surface area contributed by atoms with Gasteiger partial charge < -0.3 is 9.84 Å². The van der Waals surface area contributed by atoms with Crippen LogP contribution in [-0.2, 0) is 17.6 Å². The minimum atomic E-state index is -0.885. The summed E-state index contributed by atoms with van der Waals surface area (Å²) in [6, 6.07) is 13.7. The molecule has 7 heteroatoms. The summed E-state index contributed by atoms with van der Waals surface area (Å²) in [6.45, 7) is 2.56. The van der Waals surface area contributed by atoms with Gasteiger partial charge in [-0.2, -0.15) is 0 Å². The Hall–Kier alpha value is -2.25. The van der Waals surface area contributed by atoms with Crippen LogP contribution in [-0.4, -0.2) is 32.5 Å². The Bertz CT molecular complexity index is 897. The minimum absolute atomic E-state index is 0.378. The van der Waals surface area contributed by atoms with Gasteiger partial charge in [-0.05, 0) is 18.9 Å². The molecule has 2 aromatic heterocycles. The second-order valence-corrected chi connectivity index (χ2v) is 8.31. The van der Waals surface area contributed by atoms with E-state index in [0.717, 1.165) is 21.8 Å². The summed E-state index contributed by atoms with van der Waals surface area (Å²) in [7, 11) is 0. The van der Waals surface area contributed by atoms with Crippen LogP contribution in [0.25, 0.3) is 10.6 Å². The van der Waals surface area contributed by atoms with Gasteiger partial charge in [0, 0.05) is 29.1 Å². The predicted molar refractivity (Wildman–Crippen MR) is 110 cm³/mol. The lowest BCUT2D eigenvalue weighted by atomic mass is 10.1. The molecule has 0 saturated heterocycles. The van der Waals surface area contributed by atoms with Gasteiger partial charge in [0.1, 0.15) is 9.83 Å². The summed E-state index contributed by atoms with van der Waals surface area (Å²) in [6.07, 6.45) is 2.73. The second kappa shape index (κ2) is 9.10. The zero-order chi connectivity index (χ0) is 19.2. The molecular weight excluding hydrogens is 428 g/mol. The average molecular weight is 447 g/mol. The maximum absolute atomic E-state index is 10.9. The Labute approximate surface area is 170 Å². The van der Waals surface area contributed by atoms with E-state index in [1.165, 1.54) is 4.88 Å². The summed E-state index contributed by atoms with van der Waals surface area (Å²) in [5, 5.41) is 9.94. The number of pyridine rings is 1. The second-order valence-electron chi connectivity index (χ2n) is 6.00. The van der Waals surface area contributed by atoms with Gasteiger partial charge >= 0.3 is 5.97 Å². The van der Waals surface area contributed by atoms with Crippen molar-refractivity contribution in [1.29, 1.82) is 0 Å². The SMILES string of the molecule is Cc1sc(-c2ccccc2)nc1CCOc1ccc(CC(Br)C(=O)O)cn1. The molecular formula is C20H19BrN2O3S. The van der Waals surface area contributed by atoms with Crippen molar-refractivity contribution in [2.75, 3.05) is 6.61 Å². The van der Waals surface area contributed by atoms with Gasteiger partial charge in [0.05, 0.1) is 12.3 Å². The number of halogens is 1. The zero-order valence-corrected chi connectivity index (χ0v) is 17.2. The number of ether oxygens (including phenoxy) is 1. The third-order valence-corrected chi connectivity index (χ3v) is 5.76. The van der Waals surface area contributed by atoms with E-state index in [2.05, 4.69) is 40.0 Å². The molecule has 1 unspecified atom stereocenters. The van der Waals surface area contributed by atoms with E-state index in [1.807, 2.05) is 24.3 Å². The van der Waals surface area contributed by atoms with Crippen LogP contribution < -0.4 is 4.74 Å². The summed E-state index contributed by atoms with van der Waals surface area (Å²) in [5.41, 5.74) is 3.01. The number of carboxylic acid groups (broad SMARTS) is 1. The van der Waals surface area contributed by atoms with Crippen molar-refractivity contribution in [3.63, 3.8) is 0 Å². The lowest BCUT2D eigenvalue weighted by molar-refractivity contribution is -0.136. The molecule has 0 aliphatic heterocycles. The summed E-state index contributed by atoms with van der Waals surface area (Å²) in [5.74, 6) is -0.361. The molecule has 3 rings (SSSR count). The molecule has 0 bridgehead atoms. The van der Waals surface area contributed by atoms with Gasteiger partial charge in [0.25, 0.3) is 0 Å². The molecule has 5 nitrogen and oxygen atoms in total. The van der Waals surface area contributed by atoms with E-state index in [1.54, 1.807) is 23.6 Å². The van der Waals surface area contributed by atoms with Crippen LogP contribution in [0.5, 0.6) is 5.88 Å². The van der Waals surface area contributed by atoms with E-state index in [0.29, 0.717) is 25.3 Å². The summed E-state index contributed by atoms with van der Waals surface area (Å²) < 4.78 is 5.71. The number of hydrogen-bond acceptors (Lipinski definition) is 5. The first-order valence-electron chi connectivity index (χ1n) is 8.49. The van der Waals surface area contributed by atoms with Gasteiger partial charge in [0.2, 0.25) is 5.88 Å². The third kappa shape index (κ3) is 5.37. The molecule has 0 spiro atoms. The normalized spacial score (nSPS) is 11.9. The Morgan fingerprint density at radius 3 is 2.70 bits per heavy atom. The van der Waals surface area contributed by atoms with Crippen LogP contribution in [0.1, 0.15) is 16.1 Å². The molecule has 27 heavy (non-hydrogen) atoms. The van der Waals surface area contributed by atoms with Crippen LogP contribution >= 0.6 is 27.3 Å². The molecule has 1 aromatic carbocycles. The number of aryl methyl sites for hydroxylation is 1. The number of carbonyl (C=O) groups is 1. The topological polar surface area (TPSA) is 72.3 Å². The van der Waals surface area contributed by atoms with Gasteiger partial charge in [-0.3, -0.25) is 4.79 Å². The zero-order valence-electron chi connectivity index (χ0n) is 14.8. The van der Waals surface area contributed by atoms with Gasteiger partial charge in [-0.1, -0.05) is 52.3 Å². The van der Waals surface area contributed by atoms with Crippen molar-refractivity contribution in [3.05, 3.63) is 64.8 Å². The molecule has 0 aliphatic rings. The highest BCUT2D eigenvalue weighted by Crippen LogP contribution is 2.27. The van der Waals surface area contributed by atoms with E-state index >= 15 is 0 Å². The Balaban J connectivity index is 1.54. The molecule has 1 N–H and O–H groups in total. The predicted octanol–water partition coefficient (Wildman–Crippen LogP) is 4.53. The first-order chi connectivity index (χ1) is 13.0. The third-order valence-electron chi connectivity index (χ3n) is 3.98. The van der Waals surface area contributed by atoms with E-state index in [4.69, 9.17) is 14.8 Å². The van der Waals surface area contributed by atoms with Crippen molar-refractivity contribution in [2.24, 2.45) is 0 Å². The van der Waals surface area contributed by atoms with Crippen molar-refractivity contribution < 1.29 is 14.6 Å². The van der Waals surface area contributed by atoms with Gasteiger partial charge in [0.15, 0.2) is 0 Å². The van der Waals surface area contributed by atoms with Gasteiger partial charge in [-0.15, -0.1) is 11.3 Å². The van der Waals surface area contributed by atoms with Crippen LogP contribution in [0.4, 0.5) is 0 Å². The number of aromatic nitrogens is 2. The van der Waals surface area contributed by atoms with Crippen LogP contribution in [0, 0.1) is 6.92 Å². The highest BCUT2D eigenvalue weighted by molar-refractivity contribution is 9.10. The molecule has 0 aliphatic carbocycles. The van der Waals surface area contributed by atoms with Crippen LogP contribution in [0.3, 0.4) is 0 Å². The van der Waals surface area contributed by atoms with Crippen molar-refractivity contribution in [2.45, 2.75) is 24.6 Å². The largest absolute Gasteiger partial charge is 0.480 e. The number of thiazole rings is 1. The molecule has 0 amide bonds. The number of rotatable bonds is 8. The fourth-order valence-electron chi connectivity index (χ4n) is 2.53. The molecule has 0 saturated carbocycles. The summed E-state index contributed by atoms with van der Waals surface area (Å²) >= 11 is 4.82. The number of carboxylic acids is 1. The monoisotopic (exact) mass is 446 g/mol. The molecule has 3 aromatic rings. The number of benzene rings is 1. The fourth-order valence-corrected chi connectivity index (χ4v) is 3.87. The first-order valence-corrected chi connectivity index (χ1v) is 10.2. The smallest absolute Gasteiger partial charge is 0.317 e. The lowest BCUT2D eigenvalue weighted by Crippen LogP contribution is -2.15. The lowest BCUT2D eigenvalue weighted by Gasteiger charge is -2.07. The minimum Gasteiger partial charge on any atom is -0.480 e. The summed E-state index contributed by atoms with van der Waals surface area (Å²) in [4.78, 5) is 20.4. The Morgan fingerprint density at radius 2 is 2.04 bits per heavy atom. The molecule has 2 heterocycles. The molecule has 1 atom stereocenters. The number of hydrogen-bond donors (Lipinski definition) is 1. The van der Waals surface area contributed by atoms with Crippen molar-refractivity contribution >= 4 is 33.2 Å². The van der Waals surface area contributed by atoms with Crippen LogP contribution in [0.15, 0.2) is 48.7 Å². The Kier molecular flexibility index (Phi) is 6.58. The van der Waals surface area contributed by atoms with Gasteiger partial charge in [-0.25, -0.2) is 9.97 Å². The van der Waals surface area contributed by atoms with E-state index in [9.17, 15) is 4.79 Å². The average Bonchev–Trinajstić information content (AvgIpc) is 3.04. The number of aliphatic carboxylic acids is 1. The molecule has 0 fully saturated rings. The Morgan fingerprint density at radius 1 is 1.26 bits per heavy atom. The van der Waals surface area contributed by atoms with E-state index < -0.39 is 10.8 Å². The number of nitrogens with zero attached hydrogens (tertiary/aromatic N) is 2. The fraction of sp³-hybridized carbons (Fsp3) is 0.250. The van der Waals surface area contributed by atoms with E-state index in [-0.39, 0.29) is 0 Å². The maximum Gasteiger partial charge on any atom is 0.317 e. The standard InChI is InChI=1S/C20H19BrN2O3S/c1-13-17(23-19(27-13)15-5-3-2-4-6-15)9-10-26-18-8-7-14(12-22-18)11-16(21)20(24)25/h2-8,12,16H,9-11H2,1H3,(H,24,25). The van der Waals surface area contributed by atoms with Crippen molar-refractivity contribution in [1.82, 2.24) is 9.97 Å². The van der Waals surface area contributed by atoms with Crippen LogP contribution in [0.2, 0.25) is 0 Å². The molecule has 0 radical (unpaired) electrons. The molecule has 140 valence electrons. The quantitative estimate of drug-likeness (QED) is 0.514. The highest BCUT2D eigenvalue weighted by Gasteiger charge is 2.14. The van der Waals surface area contributed by atoms with Crippen molar-refractivity contribution in [3.8, 4) is 16.5 Å². The number of alkyl halides is 1.